The topological polar surface area (TPSA) is 29.3 Å². The summed E-state index contributed by atoms with van der Waals surface area (Å²) in [6.45, 7) is 7.06. The van der Waals surface area contributed by atoms with Crippen LogP contribution in [0.3, 0.4) is 0 Å². The number of nitrogens with zero attached hydrogens (tertiary/aromatic N) is 1. The third-order valence-corrected chi connectivity index (χ3v) is 4.20. The maximum Gasteiger partial charge on any atom is 0.137 e. The molecule has 20 heavy (non-hydrogen) atoms. The van der Waals surface area contributed by atoms with Crippen molar-refractivity contribution in [3.8, 4) is 0 Å². The Morgan fingerprint density at radius 1 is 1.20 bits per heavy atom. The summed E-state index contributed by atoms with van der Waals surface area (Å²) in [5.41, 5.74) is 7.08. The van der Waals surface area contributed by atoms with Crippen LogP contribution in [0.5, 0.6) is 0 Å². The van der Waals surface area contributed by atoms with Gasteiger partial charge in [-0.05, 0) is 59.6 Å². The SMILES string of the molecule is CCCCN(CCCC)C(CN)c1ccc(F)c(Br)c1. The van der Waals surface area contributed by atoms with Crippen molar-refractivity contribution in [2.24, 2.45) is 5.73 Å². The number of nitrogens with two attached hydrogens (primary N) is 1. The van der Waals surface area contributed by atoms with Gasteiger partial charge in [0.05, 0.1) is 4.47 Å². The summed E-state index contributed by atoms with van der Waals surface area (Å²) in [4.78, 5) is 2.44. The molecule has 0 saturated heterocycles. The molecule has 0 spiro atoms. The van der Waals surface area contributed by atoms with E-state index in [4.69, 9.17) is 5.73 Å². The van der Waals surface area contributed by atoms with Gasteiger partial charge in [0.1, 0.15) is 5.82 Å². The van der Waals surface area contributed by atoms with Gasteiger partial charge in [0.2, 0.25) is 0 Å². The second kappa shape index (κ2) is 9.48. The van der Waals surface area contributed by atoms with E-state index in [2.05, 4.69) is 34.7 Å². The molecule has 0 aliphatic carbocycles. The third-order valence-electron chi connectivity index (χ3n) is 3.59. The third kappa shape index (κ3) is 5.15. The van der Waals surface area contributed by atoms with E-state index in [9.17, 15) is 4.39 Å². The predicted octanol–water partition coefficient (Wildman–Crippen LogP) is 4.49. The molecule has 0 aliphatic rings. The van der Waals surface area contributed by atoms with Gasteiger partial charge in [0.25, 0.3) is 0 Å². The highest BCUT2D eigenvalue weighted by atomic mass is 79.9. The zero-order valence-corrected chi connectivity index (χ0v) is 14.1. The molecule has 1 rings (SSSR count). The lowest BCUT2D eigenvalue weighted by atomic mass is 10.0. The molecule has 0 fully saturated rings. The molecule has 0 aliphatic heterocycles. The Morgan fingerprint density at radius 3 is 2.25 bits per heavy atom. The van der Waals surface area contributed by atoms with Gasteiger partial charge in [0.15, 0.2) is 0 Å². The lowest BCUT2D eigenvalue weighted by Gasteiger charge is -2.31. The number of benzene rings is 1. The zero-order chi connectivity index (χ0) is 15.0. The summed E-state index contributed by atoms with van der Waals surface area (Å²) in [6, 6.07) is 5.39. The van der Waals surface area contributed by atoms with Gasteiger partial charge in [-0.25, -0.2) is 4.39 Å². The van der Waals surface area contributed by atoms with Crippen molar-refractivity contribution in [2.75, 3.05) is 19.6 Å². The zero-order valence-electron chi connectivity index (χ0n) is 12.5. The van der Waals surface area contributed by atoms with Crippen LogP contribution in [-0.4, -0.2) is 24.5 Å². The fourth-order valence-electron chi connectivity index (χ4n) is 2.36. The van der Waals surface area contributed by atoms with Gasteiger partial charge in [-0.1, -0.05) is 32.8 Å². The van der Waals surface area contributed by atoms with Crippen LogP contribution < -0.4 is 5.73 Å². The van der Waals surface area contributed by atoms with E-state index < -0.39 is 0 Å². The molecule has 2 nitrogen and oxygen atoms in total. The smallest absolute Gasteiger partial charge is 0.137 e. The van der Waals surface area contributed by atoms with E-state index in [-0.39, 0.29) is 11.9 Å². The minimum absolute atomic E-state index is 0.171. The Bertz CT molecular complexity index is 390. The van der Waals surface area contributed by atoms with Gasteiger partial charge in [0, 0.05) is 12.6 Å². The molecule has 0 aromatic heterocycles. The number of unbranched alkanes of at least 4 members (excludes halogenated alkanes) is 2. The van der Waals surface area contributed by atoms with Crippen LogP contribution in [0.2, 0.25) is 0 Å². The van der Waals surface area contributed by atoms with E-state index in [0.29, 0.717) is 11.0 Å². The lowest BCUT2D eigenvalue weighted by molar-refractivity contribution is 0.195. The molecular weight excluding hydrogens is 319 g/mol. The molecule has 1 aromatic carbocycles. The number of hydrogen-bond donors (Lipinski definition) is 1. The summed E-state index contributed by atoms with van der Waals surface area (Å²) in [6.07, 6.45) is 4.69. The molecule has 0 amide bonds. The van der Waals surface area contributed by atoms with E-state index in [0.717, 1.165) is 18.7 Å². The summed E-state index contributed by atoms with van der Waals surface area (Å²) >= 11 is 3.26. The van der Waals surface area contributed by atoms with Gasteiger partial charge in [-0.3, -0.25) is 4.90 Å². The number of rotatable bonds is 9. The first kappa shape index (κ1) is 17.6. The average molecular weight is 345 g/mol. The molecule has 114 valence electrons. The molecule has 0 bridgehead atoms. The molecule has 4 heteroatoms. The van der Waals surface area contributed by atoms with Crippen LogP contribution in [0.1, 0.15) is 51.1 Å². The van der Waals surface area contributed by atoms with Crippen molar-refractivity contribution < 1.29 is 4.39 Å². The van der Waals surface area contributed by atoms with E-state index in [1.165, 1.54) is 31.7 Å². The fourth-order valence-corrected chi connectivity index (χ4v) is 2.76. The van der Waals surface area contributed by atoms with Crippen molar-refractivity contribution in [3.63, 3.8) is 0 Å². The highest BCUT2D eigenvalue weighted by Crippen LogP contribution is 2.25. The Kier molecular flexibility index (Phi) is 8.34. The quantitative estimate of drug-likeness (QED) is 0.714. The second-order valence-corrected chi connectivity index (χ2v) is 6.02. The van der Waals surface area contributed by atoms with Crippen molar-refractivity contribution in [3.05, 3.63) is 34.1 Å². The highest BCUT2D eigenvalue weighted by molar-refractivity contribution is 9.10. The van der Waals surface area contributed by atoms with E-state index >= 15 is 0 Å². The molecular formula is C16H26BrFN2. The molecule has 1 unspecified atom stereocenters. The normalized spacial score (nSPS) is 12.9. The Hall–Kier alpha value is -0.450. The Balaban J connectivity index is 2.88. The maximum atomic E-state index is 13.4. The van der Waals surface area contributed by atoms with Gasteiger partial charge in [-0.2, -0.15) is 0 Å². The Labute approximate surface area is 130 Å². The van der Waals surface area contributed by atoms with Gasteiger partial charge in [-0.15, -0.1) is 0 Å². The molecule has 0 radical (unpaired) electrons. The fraction of sp³-hybridized carbons (Fsp3) is 0.625. The van der Waals surface area contributed by atoms with Crippen molar-refractivity contribution >= 4 is 15.9 Å². The molecule has 0 saturated carbocycles. The minimum Gasteiger partial charge on any atom is -0.329 e. The highest BCUT2D eigenvalue weighted by Gasteiger charge is 2.19. The van der Waals surface area contributed by atoms with Crippen LogP contribution in [0.25, 0.3) is 0 Å². The monoisotopic (exact) mass is 344 g/mol. The van der Waals surface area contributed by atoms with E-state index in [1.54, 1.807) is 0 Å². The summed E-state index contributed by atoms with van der Waals surface area (Å²) in [7, 11) is 0. The standard InChI is InChI=1S/C16H26BrFN2/c1-3-5-9-20(10-6-4-2)16(12-19)13-7-8-15(18)14(17)11-13/h7-8,11,16H,3-6,9-10,12,19H2,1-2H3. The number of hydrogen-bond acceptors (Lipinski definition) is 2. The van der Waals surface area contributed by atoms with Crippen LogP contribution in [0.15, 0.2) is 22.7 Å². The van der Waals surface area contributed by atoms with Gasteiger partial charge < -0.3 is 5.73 Å². The molecule has 1 aromatic rings. The van der Waals surface area contributed by atoms with Crippen LogP contribution in [0.4, 0.5) is 4.39 Å². The first-order chi connectivity index (χ1) is 9.63. The Morgan fingerprint density at radius 2 is 1.80 bits per heavy atom. The summed E-state index contributed by atoms with van der Waals surface area (Å²) in [5.74, 6) is -0.224. The first-order valence-corrected chi connectivity index (χ1v) is 8.32. The van der Waals surface area contributed by atoms with Gasteiger partial charge >= 0.3 is 0 Å². The lowest BCUT2D eigenvalue weighted by Crippen LogP contribution is -2.35. The predicted molar refractivity (Wildman–Crippen MR) is 87.3 cm³/mol. The summed E-state index contributed by atoms with van der Waals surface area (Å²) < 4.78 is 13.9. The molecule has 0 heterocycles. The van der Waals surface area contributed by atoms with E-state index in [1.807, 2.05) is 12.1 Å². The van der Waals surface area contributed by atoms with Crippen LogP contribution >= 0.6 is 15.9 Å². The molecule has 2 N–H and O–H groups in total. The largest absolute Gasteiger partial charge is 0.329 e. The van der Waals surface area contributed by atoms with Crippen LogP contribution in [0, 0.1) is 5.82 Å². The minimum atomic E-state index is -0.224. The molecule has 1 atom stereocenters. The van der Waals surface area contributed by atoms with Crippen molar-refractivity contribution in [1.29, 1.82) is 0 Å². The maximum absolute atomic E-state index is 13.4. The summed E-state index contributed by atoms with van der Waals surface area (Å²) in [5, 5.41) is 0. The van der Waals surface area contributed by atoms with Crippen LogP contribution in [-0.2, 0) is 0 Å². The number of halogens is 2. The average Bonchev–Trinajstić information content (AvgIpc) is 2.45. The second-order valence-electron chi connectivity index (χ2n) is 5.17. The van der Waals surface area contributed by atoms with Crippen molar-refractivity contribution in [1.82, 2.24) is 4.90 Å². The van der Waals surface area contributed by atoms with Crippen molar-refractivity contribution in [2.45, 2.75) is 45.6 Å². The first-order valence-electron chi connectivity index (χ1n) is 7.53.